The quantitative estimate of drug-likeness (QED) is 0.0315. The summed E-state index contributed by atoms with van der Waals surface area (Å²) in [5, 5.41) is 16.2. The molecule has 16 nitrogen and oxygen atoms in total. The first kappa shape index (κ1) is 69.9. The minimum absolute atomic E-state index is 0.185. The number of benzene rings is 8. The van der Waals surface area contributed by atoms with E-state index in [1.807, 2.05) is 122 Å². The predicted octanol–water partition coefficient (Wildman–Crippen LogP) is 12.9. The summed E-state index contributed by atoms with van der Waals surface area (Å²) in [5.74, 6) is 8.14. The minimum Gasteiger partial charge on any atom is -0.497 e. The normalized spacial score (nSPS) is 14.1. The number of rotatable bonds is 28. The van der Waals surface area contributed by atoms with E-state index < -0.39 is 0 Å². The van der Waals surface area contributed by atoms with E-state index in [2.05, 4.69) is 118 Å². The maximum absolute atomic E-state index is 6.01. The summed E-state index contributed by atoms with van der Waals surface area (Å²) in [6, 6.07) is 65.9. The Labute approximate surface area is 567 Å². The van der Waals surface area contributed by atoms with Crippen LogP contribution in [0.3, 0.4) is 0 Å². The summed E-state index contributed by atoms with van der Waals surface area (Å²) in [6.45, 7) is 7.70. The third-order valence-electron chi connectivity index (χ3n) is 16.1. The van der Waals surface area contributed by atoms with Gasteiger partial charge in [-0.1, -0.05) is 121 Å². The van der Waals surface area contributed by atoms with Crippen molar-refractivity contribution in [2.45, 2.75) is 57.4 Å². The van der Waals surface area contributed by atoms with Crippen LogP contribution in [0.2, 0.25) is 0 Å². The van der Waals surface area contributed by atoms with Crippen molar-refractivity contribution in [3.63, 3.8) is 0 Å². The standard InChI is InChI=1S/C20H24N2O2.3C20H23NO3/c1-23-19-10-7-16(8-11-19)6-9-17-4-2-3-5-20(17)24-15-18-14-21-12-13-22-18;2*1-22-19-10-7-16(8-11-19)6-9-17-4-2-3-5-20(17)24-15-18-14-23-13-12-21-18;1-22-18-10-7-16(8-11-18)6-9-17-4-2-3-5-20(17)24-15-19-14-21-12-13-23-19/h2-5,7-8,10-11,14,21-22H,6,9,12-13,15H2,1H3;2-5,7-8,10-11,14,21H,6,9,12-13,15H2,1H3;2-5,7-8,10-13,18,21H,6,9,14-15H2,1H3;2-5,7-8,10-11,14,21H,6,9,12-13,15H2,1H3/t;;18-;/m..0./s1. The SMILES string of the molecule is COc1ccc(CCc2ccccc2OCC2=CNCCN2)cc1.COc1ccc(CCc2ccccc2OCC2=CNCCO2)cc1.COc1ccc(CCc2ccccc2OCC2=COCCN2)cc1.COc1ccc(CCc2ccccc2OC[C@@H]2COC=CN2)cc1. The molecule has 4 heterocycles. The second-order valence-electron chi connectivity index (χ2n) is 22.9. The smallest absolute Gasteiger partial charge is 0.149 e. The van der Waals surface area contributed by atoms with E-state index in [1.165, 1.54) is 44.5 Å². The first-order valence-corrected chi connectivity index (χ1v) is 33.0. The molecule has 0 bridgehead atoms. The number of ether oxygens (including phenoxy) is 11. The van der Waals surface area contributed by atoms with Gasteiger partial charge in [-0.25, -0.2) is 0 Å². The van der Waals surface area contributed by atoms with E-state index in [-0.39, 0.29) is 6.04 Å². The first-order valence-electron chi connectivity index (χ1n) is 33.0. The van der Waals surface area contributed by atoms with Crippen LogP contribution in [0.15, 0.2) is 242 Å². The van der Waals surface area contributed by atoms with Crippen LogP contribution in [0.4, 0.5) is 0 Å². The van der Waals surface area contributed by atoms with Crippen LogP contribution in [-0.2, 0) is 65.6 Å². The van der Waals surface area contributed by atoms with E-state index in [0.29, 0.717) is 46.2 Å². The molecule has 0 saturated heterocycles. The number of methoxy groups -OCH3 is 4. The van der Waals surface area contributed by atoms with Crippen LogP contribution in [-0.4, -0.2) is 107 Å². The first-order chi connectivity index (χ1) is 47.4. The number of hydrogen-bond donors (Lipinski definition) is 5. The largest absolute Gasteiger partial charge is 0.497 e. The molecule has 4 aliphatic heterocycles. The summed E-state index contributed by atoms with van der Waals surface area (Å²) in [5.41, 5.74) is 12.1. The van der Waals surface area contributed by atoms with Gasteiger partial charge in [0.2, 0.25) is 0 Å². The summed E-state index contributed by atoms with van der Waals surface area (Å²) >= 11 is 0. The number of hydrogen-bond acceptors (Lipinski definition) is 16. The Morgan fingerprint density at radius 2 is 0.781 bits per heavy atom. The van der Waals surface area contributed by atoms with Crippen molar-refractivity contribution < 1.29 is 52.1 Å². The van der Waals surface area contributed by atoms with E-state index in [9.17, 15) is 0 Å². The van der Waals surface area contributed by atoms with Crippen molar-refractivity contribution in [2.24, 2.45) is 0 Å². The Morgan fingerprint density at radius 3 is 1.16 bits per heavy atom. The fraction of sp³-hybridized carbons (Fsp3) is 0.300. The van der Waals surface area contributed by atoms with Crippen molar-refractivity contribution in [1.82, 2.24) is 26.6 Å². The van der Waals surface area contributed by atoms with Crippen molar-refractivity contribution >= 4 is 0 Å². The highest BCUT2D eigenvalue weighted by Crippen LogP contribution is 2.26. The molecule has 0 spiro atoms. The van der Waals surface area contributed by atoms with E-state index in [0.717, 1.165) is 141 Å². The zero-order valence-electron chi connectivity index (χ0n) is 55.9. The van der Waals surface area contributed by atoms with Gasteiger partial charge in [0.15, 0.2) is 0 Å². The lowest BCUT2D eigenvalue weighted by atomic mass is 10.0. The zero-order valence-corrected chi connectivity index (χ0v) is 55.9. The highest BCUT2D eigenvalue weighted by molar-refractivity contribution is 5.39. The molecule has 0 fully saturated rings. The van der Waals surface area contributed by atoms with Gasteiger partial charge in [-0.05, 0) is 169 Å². The minimum atomic E-state index is 0.185. The van der Waals surface area contributed by atoms with Crippen LogP contribution >= 0.6 is 0 Å². The number of aryl methyl sites for hydroxylation is 8. The van der Waals surface area contributed by atoms with Gasteiger partial charge in [-0.2, -0.15) is 0 Å². The lowest BCUT2D eigenvalue weighted by Gasteiger charge is -2.21. The summed E-state index contributed by atoms with van der Waals surface area (Å²) < 4.78 is 60.9. The van der Waals surface area contributed by atoms with Gasteiger partial charge < -0.3 is 78.7 Å². The van der Waals surface area contributed by atoms with E-state index >= 15 is 0 Å². The molecule has 4 aliphatic rings. The van der Waals surface area contributed by atoms with Gasteiger partial charge in [0, 0.05) is 44.8 Å². The number of para-hydroxylation sites is 4. The van der Waals surface area contributed by atoms with Gasteiger partial charge in [0.1, 0.15) is 104 Å². The molecule has 16 heteroatoms. The van der Waals surface area contributed by atoms with Gasteiger partial charge >= 0.3 is 0 Å². The van der Waals surface area contributed by atoms with Crippen LogP contribution in [0, 0.1) is 0 Å². The van der Waals surface area contributed by atoms with Crippen LogP contribution < -0.4 is 64.5 Å². The molecule has 0 amide bonds. The Morgan fingerprint density at radius 1 is 0.375 bits per heavy atom. The van der Waals surface area contributed by atoms with E-state index in [4.69, 9.17) is 52.1 Å². The highest BCUT2D eigenvalue weighted by atomic mass is 16.5. The molecule has 96 heavy (non-hydrogen) atoms. The third-order valence-corrected chi connectivity index (χ3v) is 16.1. The van der Waals surface area contributed by atoms with Crippen LogP contribution in [0.1, 0.15) is 44.5 Å². The molecule has 0 aromatic heterocycles. The molecule has 8 aromatic rings. The zero-order chi connectivity index (χ0) is 66.5. The molecule has 0 saturated carbocycles. The van der Waals surface area contributed by atoms with Gasteiger partial charge in [0.25, 0.3) is 0 Å². The predicted molar refractivity (Wildman–Crippen MR) is 380 cm³/mol. The monoisotopic (exact) mass is 1300 g/mol. The summed E-state index contributed by atoms with van der Waals surface area (Å²) in [6.07, 6.45) is 16.7. The fourth-order valence-corrected chi connectivity index (χ4v) is 10.6. The summed E-state index contributed by atoms with van der Waals surface area (Å²) in [7, 11) is 6.74. The molecule has 504 valence electrons. The molecule has 5 N–H and O–H groups in total. The average molecular weight is 1300 g/mol. The van der Waals surface area contributed by atoms with E-state index in [1.54, 1.807) is 41.0 Å². The summed E-state index contributed by atoms with van der Waals surface area (Å²) in [4.78, 5) is 0. The second-order valence-corrected chi connectivity index (χ2v) is 22.9. The Balaban J connectivity index is 0.000000150. The van der Waals surface area contributed by atoms with Gasteiger partial charge in [-0.3, -0.25) is 0 Å². The van der Waals surface area contributed by atoms with Crippen LogP contribution in [0.5, 0.6) is 46.0 Å². The maximum Gasteiger partial charge on any atom is 0.149 e. The molecule has 1 atom stereocenters. The van der Waals surface area contributed by atoms with Crippen molar-refractivity contribution in [3.05, 3.63) is 287 Å². The lowest BCUT2D eigenvalue weighted by Crippen LogP contribution is -2.37. The topological polar surface area (TPSA) is 162 Å². The molecular formula is C80H93N5O11. The van der Waals surface area contributed by atoms with Crippen molar-refractivity contribution in [1.29, 1.82) is 0 Å². The van der Waals surface area contributed by atoms with Crippen molar-refractivity contribution in [3.8, 4) is 46.0 Å². The molecule has 8 aromatic carbocycles. The van der Waals surface area contributed by atoms with Gasteiger partial charge in [0.05, 0.1) is 52.1 Å². The van der Waals surface area contributed by atoms with Gasteiger partial charge in [-0.15, -0.1) is 0 Å². The molecule has 12 rings (SSSR count). The molecule has 0 unspecified atom stereocenters. The molecule has 0 radical (unpaired) electrons. The van der Waals surface area contributed by atoms with Crippen LogP contribution in [0.25, 0.3) is 0 Å². The second kappa shape index (κ2) is 39.9. The third kappa shape index (κ3) is 24.1. The Bertz CT molecular complexity index is 3380. The van der Waals surface area contributed by atoms with Crippen molar-refractivity contribution in [2.75, 3.05) is 101 Å². The Hall–Kier alpha value is -10.5. The Kier molecular flexibility index (Phi) is 29.1. The maximum atomic E-state index is 6.01. The lowest BCUT2D eigenvalue weighted by molar-refractivity contribution is 0.155. The highest BCUT2D eigenvalue weighted by Gasteiger charge is 2.15. The average Bonchev–Trinajstić information content (AvgIpc) is 1.40. The molecule has 0 aliphatic carbocycles. The fourth-order valence-electron chi connectivity index (χ4n) is 10.6. The number of nitrogens with one attached hydrogen (secondary N) is 5. The molecular weight excluding hydrogens is 1210 g/mol.